The maximum atomic E-state index is 13.7. The van der Waals surface area contributed by atoms with E-state index in [0.717, 1.165) is 18.4 Å². The van der Waals surface area contributed by atoms with Gasteiger partial charge in [0.25, 0.3) is 0 Å². The zero-order valence-electron chi connectivity index (χ0n) is 11.3. The Morgan fingerprint density at radius 2 is 2.21 bits per heavy atom. The van der Waals surface area contributed by atoms with Crippen LogP contribution in [0.4, 0.5) is 4.39 Å². The highest BCUT2D eigenvalue weighted by molar-refractivity contribution is 5.88. The molecule has 0 saturated heterocycles. The van der Waals surface area contributed by atoms with E-state index in [1.54, 1.807) is 31.0 Å². The third-order valence-corrected chi connectivity index (χ3v) is 3.28. The van der Waals surface area contributed by atoms with Gasteiger partial charge in [-0.15, -0.1) is 0 Å². The van der Waals surface area contributed by atoms with Crippen molar-refractivity contribution in [3.8, 4) is 5.75 Å². The second kappa shape index (κ2) is 5.17. The molecule has 0 radical (unpaired) electrons. The number of rotatable bonds is 5. The summed E-state index contributed by atoms with van der Waals surface area (Å²) in [6.07, 6.45) is 1.46. The molecule has 0 bridgehead atoms. The summed E-state index contributed by atoms with van der Waals surface area (Å²) in [5.74, 6) is -0.256. The monoisotopic (exact) mass is 266 g/mol. The number of benzene rings is 1. The van der Waals surface area contributed by atoms with Gasteiger partial charge in [-0.2, -0.15) is 0 Å². The van der Waals surface area contributed by atoms with Gasteiger partial charge in [0.15, 0.2) is 11.6 Å². The molecular formula is C14H19FN2O2. The lowest BCUT2D eigenvalue weighted by Gasteiger charge is -2.21. The molecule has 2 N–H and O–H groups in total. The third-order valence-electron chi connectivity index (χ3n) is 3.28. The lowest BCUT2D eigenvalue weighted by Crippen LogP contribution is -2.43. The van der Waals surface area contributed by atoms with Gasteiger partial charge in [0.05, 0.1) is 12.1 Å². The van der Waals surface area contributed by atoms with Crippen molar-refractivity contribution in [1.29, 1.82) is 0 Å². The highest BCUT2D eigenvalue weighted by Crippen LogP contribution is 2.34. The molecule has 1 amide bonds. The first-order valence-corrected chi connectivity index (χ1v) is 6.42. The van der Waals surface area contributed by atoms with Crippen molar-refractivity contribution in [2.24, 2.45) is 5.73 Å². The molecule has 1 aliphatic carbocycles. The second-order valence-electron chi connectivity index (χ2n) is 5.02. The summed E-state index contributed by atoms with van der Waals surface area (Å²) in [4.78, 5) is 13.5. The molecule has 104 valence electrons. The molecular weight excluding hydrogens is 247 g/mol. The molecule has 0 heterocycles. The molecule has 0 aliphatic heterocycles. The van der Waals surface area contributed by atoms with E-state index in [-0.39, 0.29) is 11.7 Å². The van der Waals surface area contributed by atoms with Gasteiger partial charge >= 0.3 is 0 Å². The van der Waals surface area contributed by atoms with Crippen LogP contribution in [0.1, 0.15) is 25.3 Å². The Bertz CT molecular complexity index is 486. The SMILES string of the molecule is CCOc1ccc(CN(C)C(=O)C2(N)CC2)cc1F. The second-order valence-corrected chi connectivity index (χ2v) is 5.02. The van der Waals surface area contributed by atoms with Crippen molar-refractivity contribution in [3.63, 3.8) is 0 Å². The number of hydrogen-bond donors (Lipinski definition) is 1. The van der Waals surface area contributed by atoms with E-state index in [4.69, 9.17) is 10.5 Å². The smallest absolute Gasteiger partial charge is 0.242 e. The fourth-order valence-corrected chi connectivity index (χ4v) is 1.99. The number of likely N-dealkylation sites (N-methyl/N-ethyl adjacent to an activating group) is 1. The minimum atomic E-state index is -0.682. The van der Waals surface area contributed by atoms with E-state index >= 15 is 0 Å². The van der Waals surface area contributed by atoms with Crippen LogP contribution >= 0.6 is 0 Å². The van der Waals surface area contributed by atoms with Crippen LogP contribution < -0.4 is 10.5 Å². The van der Waals surface area contributed by atoms with Gasteiger partial charge in [-0.25, -0.2) is 4.39 Å². The van der Waals surface area contributed by atoms with Crippen molar-refractivity contribution in [2.75, 3.05) is 13.7 Å². The molecule has 4 nitrogen and oxygen atoms in total. The number of nitrogens with two attached hydrogens (primary N) is 1. The number of carbonyl (C=O) groups excluding carboxylic acids is 1. The fourth-order valence-electron chi connectivity index (χ4n) is 1.99. The largest absolute Gasteiger partial charge is 0.491 e. The zero-order valence-corrected chi connectivity index (χ0v) is 11.3. The van der Waals surface area contributed by atoms with Gasteiger partial charge in [-0.05, 0) is 37.5 Å². The molecule has 5 heteroatoms. The van der Waals surface area contributed by atoms with Crippen LogP contribution in [0.25, 0.3) is 0 Å². The third kappa shape index (κ3) is 3.04. The summed E-state index contributed by atoms with van der Waals surface area (Å²) in [5.41, 5.74) is 5.89. The van der Waals surface area contributed by atoms with Crippen LogP contribution in [-0.2, 0) is 11.3 Å². The van der Waals surface area contributed by atoms with Crippen molar-refractivity contribution >= 4 is 5.91 Å². The Balaban J connectivity index is 2.03. The molecule has 0 aromatic heterocycles. The molecule has 2 rings (SSSR count). The molecule has 1 saturated carbocycles. The van der Waals surface area contributed by atoms with Gasteiger partial charge in [0, 0.05) is 13.6 Å². The van der Waals surface area contributed by atoms with Crippen molar-refractivity contribution in [2.45, 2.75) is 31.8 Å². The van der Waals surface area contributed by atoms with E-state index in [1.807, 2.05) is 0 Å². The summed E-state index contributed by atoms with van der Waals surface area (Å²) in [7, 11) is 1.68. The van der Waals surface area contributed by atoms with Crippen LogP contribution in [0.5, 0.6) is 5.75 Å². The van der Waals surface area contributed by atoms with Crippen molar-refractivity contribution in [1.82, 2.24) is 4.90 Å². The molecule has 19 heavy (non-hydrogen) atoms. The van der Waals surface area contributed by atoms with Crippen LogP contribution in [-0.4, -0.2) is 30.0 Å². The normalized spacial score (nSPS) is 16.0. The van der Waals surface area contributed by atoms with E-state index in [2.05, 4.69) is 0 Å². The standard InChI is InChI=1S/C14H19FN2O2/c1-3-19-12-5-4-10(8-11(12)15)9-17(2)13(18)14(16)6-7-14/h4-5,8H,3,6-7,9,16H2,1-2H3. The molecule has 1 fully saturated rings. The van der Waals surface area contributed by atoms with E-state index < -0.39 is 11.4 Å². The maximum Gasteiger partial charge on any atom is 0.242 e. The molecule has 1 aromatic rings. The van der Waals surface area contributed by atoms with Crippen molar-refractivity contribution < 1.29 is 13.9 Å². The maximum absolute atomic E-state index is 13.7. The van der Waals surface area contributed by atoms with Crippen LogP contribution in [0, 0.1) is 5.82 Å². The van der Waals surface area contributed by atoms with Gasteiger partial charge in [-0.3, -0.25) is 4.79 Å². The summed E-state index contributed by atoms with van der Waals surface area (Å²) >= 11 is 0. The first-order valence-electron chi connectivity index (χ1n) is 6.42. The first kappa shape index (κ1) is 13.8. The molecule has 0 unspecified atom stereocenters. The average molecular weight is 266 g/mol. The van der Waals surface area contributed by atoms with Gasteiger partial charge in [-0.1, -0.05) is 6.07 Å². The summed E-state index contributed by atoms with van der Waals surface area (Å²) < 4.78 is 18.8. The lowest BCUT2D eigenvalue weighted by atomic mass is 10.1. The minimum absolute atomic E-state index is 0.0817. The fraction of sp³-hybridized carbons (Fsp3) is 0.500. The Morgan fingerprint density at radius 1 is 1.53 bits per heavy atom. The Kier molecular flexibility index (Phi) is 3.75. The highest BCUT2D eigenvalue weighted by atomic mass is 19.1. The predicted octanol–water partition coefficient (Wildman–Crippen LogP) is 1.67. The van der Waals surface area contributed by atoms with E-state index in [0.29, 0.717) is 13.2 Å². The Labute approximate surface area is 112 Å². The average Bonchev–Trinajstić information content (AvgIpc) is 3.11. The van der Waals surface area contributed by atoms with E-state index in [1.165, 1.54) is 6.07 Å². The first-order chi connectivity index (χ1) is 8.96. The van der Waals surface area contributed by atoms with Crippen LogP contribution in [0.15, 0.2) is 18.2 Å². The number of nitrogens with zero attached hydrogens (tertiary/aromatic N) is 1. The zero-order chi connectivity index (χ0) is 14.0. The quantitative estimate of drug-likeness (QED) is 0.882. The number of amides is 1. The number of halogens is 1. The van der Waals surface area contributed by atoms with Gasteiger partial charge in [0.1, 0.15) is 0 Å². The molecule has 1 aliphatic rings. The van der Waals surface area contributed by atoms with Crippen LogP contribution in [0.2, 0.25) is 0 Å². The highest BCUT2D eigenvalue weighted by Gasteiger charge is 2.47. The topological polar surface area (TPSA) is 55.6 Å². The Morgan fingerprint density at radius 3 is 2.74 bits per heavy atom. The number of hydrogen-bond acceptors (Lipinski definition) is 3. The van der Waals surface area contributed by atoms with E-state index in [9.17, 15) is 9.18 Å². The summed E-state index contributed by atoms with van der Waals surface area (Å²) in [6, 6.07) is 4.74. The van der Waals surface area contributed by atoms with Gasteiger partial charge < -0.3 is 15.4 Å². The minimum Gasteiger partial charge on any atom is -0.491 e. The van der Waals surface area contributed by atoms with Gasteiger partial charge in [0.2, 0.25) is 5.91 Å². The molecule has 0 atom stereocenters. The summed E-state index contributed by atoms with van der Waals surface area (Å²) in [5, 5.41) is 0. The van der Waals surface area contributed by atoms with Crippen molar-refractivity contribution in [3.05, 3.63) is 29.6 Å². The number of carbonyl (C=O) groups is 1. The lowest BCUT2D eigenvalue weighted by molar-refractivity contribution is -0.132. The predicted molar refractivity (Wildman–Crippen MR) is 70.2 cm³/mol. The Hall–Kier alpha value is -1.62. The molecule has 1 aromatic carbocycles. The number of ether oxygens (including phenoxy) is 1. The van der Waals surface area contributed by atoms with Crippen LogP contribution in [0.3, 0.4) is 0 Å². The summed E-state index contributed by atoms with van der Waals surface area (Å²) in [6.45, 7) is 2.57. The molecule has 0 spiro atoms.